The fraction of sp³-hybridized carbons (Fsp3) is 0.259. The summed E-state index contributed by atoms with van der Waals surface area (Å²) < 4.78 is 19.1. The largest absolute Gasteiger partial charge is 0.484 e. The molecular weight excluding hydrogens is 459 g/mol. The van der Waals surface area contributed by atoms with Crippen molar-refractivity contribution >= 4 is 28.7 Å². The summed E-state index contributed by atoms with van der Waals surface area (Å²) in [6.07, 6.45) is 0. The second kappa shape index (κ2) is 9.77. The van der Waals surface area contributed by atoms with E-state index in [1.165, 1.54) is 12.1 Å². The lowest BCUT2D eigenvalue weighted by atomic mass is 10.1. The molecule has 5 rings (SSSR count). The lowest BCUT2D eigenvalue weighted by Crippen LogP contribution is -2.55. The molecule has 0 bridgehead atoms. The number of carbonyl (C=O) groups excluding carboxylic acids is 1. The van der Waals surface area contributed by atoms with E-state index < -0.39 is 0 Å². The number of fused-ring (bicyclic) bond motifs is 1. The second-order valence-corrected chi connectivity index (χ2v) is 8.96. The Bertz CT molecular complexity index is 1390. The maximum atomic E-state index is 13.4. The molecular formula is C27H27FN6O2. The molecule has 0 unspecified atom stereocenters. The van der Waals surface area contributed by atoms with E-state index in [1.54, 1.807) is 17.0 Å². The van der Waals surface area contributed by atoms with Crippen molar-refractivity contribution in [3.63, 3.8) is 0 Å². The van der Waals surface area contributed by atoms with Crippen molar-refractivity contribution in [2.45, 2.75) is 19.9 Å². The Kier molecular flexibility index (Phi) is 6.37. The Labute approximate surface area is 208 Å². The number of pyridine rings is 1. The summed E-state index contributed by atoms with van der Waals surface area (Å²) in [4.78, 5) is 30.4. The molecule has 184 valence electrons. The number of rotatable bonds is 5. The van der Waals surface area contributed by atoms with Gasteiger partial charge in [-0.3, -0.25) is 4.79 Å². The maximum absolute atomic E-state index is 13.4. The van der Waals surface area contributed by atoms with Crippen molar-refractivity contribution in [2.24, 2.45) is 0 Å². The maximum Gasteiger partial charge on any atom is 0.260 e. The Morgan fingerprint density at radius 3 is 2.50 bits per heavy atom. The number of nitrogen functional groups attached to an aromatic ring is 1. The van der Waals surface area contributed by atoms with Crippen LogP contribution in [0.25, 0.3) is 22.3 Å². The van der Waals surface area contributed by atoms with E-state index >= 15 is 0 Å². The van der Waals surface area contributed by atoms with Gasteiger partial charge in [-0.1, -0.05) is 17.7 Å². The van der Waals surface area contributed by atoms with Gasteiger partial charge in [0.05, 0.1) is 11.2 Å². The minimum atomic E-state index is -0.304. The standard InChI is InChI=1S/C27H27FN6O2/c1-17-3-9-21(10-4-17)36-16-24(35)33-13-14-34(18(2)15-33)26-25-23(31-27(29)32-26)12-11-22(30-25)19-5-7-20(28)8-6-19/h3-12,18H,13-16H2,1-2H3,(H2,29,31,32)/t18-/m1/s1. The van der Waals surface area contributed by atoms with Crippen LogP contribution in [0.3, 0.4) is 0 Å². The van der Waals surface area contributed by atoms with Gasteiger partial charge in [0.15, 0.2) is 12.4 Å². The number of hydrogen-bond donors (Lipinski definition) is 1. The molecule has 4 aromatic rings. The van der Waals surface area contributed by atoms with Gasteiger partial charge in [0, 0.05) is 31.2 Å². The number of nitrogens with zero attached hydrogens (tertiary/aromatic N) is 5. The van der Waals surface area contributed by atoms with Gasteiger partial charge in [0.2, 0.25) is 5.95 Å². The third kappa shape index (κ3) is 4.91. The van der Waals surface area contributed by atoms with Gasteiger partial charge in [0.1, 0.15) is 17.1 Å². The van der Waals surface area contributed by atoms with Crippen molar-refractivity contribution in [2.75, 3.05) is 36.9 Å². The van der Waals surface area contributed by atoms with Gasteiger partial charge < -0.3 is 20.3 Å². The van der Waals surface area contributed by atoms with Crippen LogP contribution >= 0.6 is 0 Å². The quantitative estimate of drug-likeness (QED) is 0.458. The minimum absolute atomic E-state index is 0.0122. The Hall–Kier alpha value is -4.27. The zero-order chi connectivity index (χ0) is 25.2. The summed E-state index contributed by atoms with van der Waals surface area (Å²) in [5.74, 6) is 1.09. The van der Waals surface area contributed by atoms with Crippen LogP contribution in [0.2, 0.25) is 0 Å². The molecule has 1 amide bonds. The van der Waals surface area contributed by atoms with E-state index in [0.29, 0.717) is 47.9 Å². The lowest BCUT2D eigenvalue weighted by Gasteiger charge is -2.40. The van der Waals surface area contributed by atoms with Crippen molar-refractivity contribution < 1.29 is 13.9 Å². The van der Waals surface area contributed by atoms with Crippen LogP contribution in [0.15, 0.2) is 60.7 Å². The summed E-state index contributed by atoms with van der Waals surface area (Å²) >= 11 is 0. The molecule has 3 heterocycles. The number of anilines is 2. The van der Waals surface area contributed by atoms with E-state index in [4.69, 9.17) is 15.5 Å². The number of piperazine rings is 1. The molecule has 8 nitrogen and oxygen atoms in total. The molecule has 2 aromatic heterocycles. The highest BCUT2D eigenvalue weighted by Gasteiger charge is 2.29. The van der Waals surface area contributed by atoms with Crippen LogP contribution in [0.5, 0.6) is 5.75 Å². The molecule has 0 spiro atoms. The molecule has 36 heavy (non-hydrogen) atoms. The number of halogens is 1. The number of aryl methyl sites for hydroxylation is 1. The Morgan fingerprint density at radius 1 is 1.03 bits per heavy atom. The number of ether oxygens (including phenoxy) is 1. The van der Waals surface area contributed by atoms with Gasteiger partial charge in [-0.15, -0.1) is 0 Å². The zero-order valence-corrected chi connectivity index (χ0v) is 20.2. The van der Waals surface area contributed by atoms with Crippen LogP contribution in [-0.4, -0.2) is 58.0 Å². The molecule has 1 atom stereocenters. The highest BCUT2D eigenvalue weighted by Crippen LogP contribution is 2.29. The second-order valence-electron chi connectivity index (χ2n) is 8.96. The summed E-state index contributed by atoms with van der Waals surface area (Å²) in [5.41, 5.74) is 9.87. The molecule has 1 fully saturated rings. The molecule has 1 saturated heterocycles. The Morgan fingerprint density at radius 2 is 1.78 bits per heavy atom. The predicted octanol–water partition coefficient (Wildman–Crippen LogP) is 3.84. The molecule has 2 aromatic carbocycles. The molecule has 0 aliphatic carbocycles. The lowest BCUT2D eigenvalue weighted by molar-refractivity contribution is -0.134. The summed E-state index contributed by atoms with van der Waals surface area (Å²) in [5, 5.41) is 0. The molecule has 0 saturated carbocycles. The van der Waals surface area contributed by atoms with E-state index in [0.717, 1.165) is 11.1 Å². The predicted molar refractivity (Wildman–Crippen MR) is 137 cm³/mol. The normalized spacial score (nSPS) is 15.8. The number of aromatic nitrogens is 3. The van der Waals surface area contributed by atoms with Crippen LogP contribution in [-0.2, 0) is 4.79 Å². The number of benzene rings is 2. The van der Waals surface area contributed by atoms with Crippen molar-refractivity contribution in [3.05, 3.63) is 72.0 Å². The first-order chi connectivity index (χ1) is 17.4. The van der Waals surface area contributed by atoms with Crippen molar-refractivity contribution in [3.8, 4) is 17.0 Å². The smallest absolute Gasteiger partial charge is 0.260 e. The van der Waals surface area contributed by atoms with E-state index in [1.807, 2.05) is 50.2 Å². The summed E-state index contributed by atoms with van der Waals surface area (Å²) in [6, 6.07) is 17.5. The van der Waals surface area contributed by atoms with E-state index in [2.05, 4.69) is 14.9 Å². The highest BCUT2D eigenvalue weighted by atomic mass is 19.1. The minimum Gasteiger partial charge on any atom is -0.484 e. The van der Waals surface area contributed by atoms with E-state index in [9.17, 15) is 9.18 Å². The first-order valence-electron chi connectivity index (χ1n) is 11.8. The zero-order valence-electron chi connectivity index (χ0n) is 20.2. The average Bonchev–Trinajstić information content (AvgIpc) is 2.88. The summed E-state index contributed by atoms with van der Waals surface area (Å²) in [7, 11) is 0. The number of carbonyl (C=O) groups is 1. The SMILES string of the molecule is Cc1ccc(OCC(=O)N2CCN(c3nc(N)nc4ccc(-c5ccc(F)cc5)nc34)[C@H](C)C2)cc1. The molecule has 1 aliphatic rings. The van der Waals surface area contributed by atoms with Gasteiger partial charge >= 0.3 is 0 Å². The van der Waals surface area contributed by atoms with Crippen molar-refractivity contribution in [1.29, 1.82) is 0 Å². The van der Waals surface area contributed by atoms with Gasteiger partial charge in [0.25, 0.3) is 5.91 Å². The highest BCUT2D eigenvalue weighted by molar-refractivity contribution is 5.89. The van der Waals surface area contributed by atoms with Crippen LogP contribution in [0, 0.1) is 12.7 Å². The topological polar surface area (TPSA) is 97.5 Å². The van der Waals surface area contributed by atoms with Crippen molar-refractivity contribution in [1.82, 2.24) is 19.9 Å². The van der Waals surface area contributed by atoms with Gasteiger partial charge in [-0.2, -0.15) is 4.98 Å². The monoisotopic (exact) mass is 486 g/mol. The fourth-order valence-electron chi connectivity index (χ4n) is 4.37. The first kappa shape index (κ1) is 23.5. The van der Waals surface area contributed by atoms with Gasteiger partial charge in [-0.25, -0.2) is 14.4 Å². The first-order valence-corrected chi connectivity index (χ1v) is 11.8. The molecule has 9 heteroatoms. The van der Waals surface area contributed by atoms with Crippen LogP contribution in [0.4, 0.5) is 16.2 Å². The van der Waals surface area contributed by atoms with Crippen LogP contribution < -0.4 is 15.4 Å². The van der Waals surface area contributed by atoms with Gasteiger partial charge in [-0.05, 0) is 62.4 Å². The average molecular weight is 487 g/mol. The third-order valence-electron chi connectivity index (χ3n) is 6.32. The Balaban J connectivity index is 1.34. The van der Waals surface area contributed by atoms with Crippen LogP contribution in [0.1, 0.15) is 12.5 Å². The summed E-state index contributed by atoms with van der Waals surface area (Å²) in [6.45, 7) is 5.62. The number of nitrogens with two attached hydrogens (primary N) is 1. The molecule has 2 N–H and O–H groups in total. The fourth-order valence-corrected chi connectivity index (χ4v) is 4.37. The van der Waals surface area contributed by atoms with E-state index in [-0.39, 0.29) is 30.3 Å². The number of hydrogen-bond acceptors (Lipinski definition) is 7. The molecule has 0 radical (unpaired) electrons. The third-order valence-corrected chi connectivity index (χ3v) is 6.32. The molecule has 1 aliphatic heterocycles. The number of amides is 1.